The first kappa shape index (κ1) is 84.4. The van der Waals surface area contributed by atoms with E-state index in [9.17, 15) is 33.5 Å². The molecule has 4 atom stereocenters. The van der Waals surface area contributed by atoms with Gasteiger partial charge in [-0.25, -0.2) is 9.59 Å². The van der Waals surface area contributed by atoms with Gasteiger partial charge in [-0.15, -0.1) is 0 Å². The number of likely N-dealkylation sites (tertiary alicyclic amines) is 2. The molecule has 0 aromatic heterocycles. The van der Waals surface area contributed by atoms with E-state index in [1.54, 1.807) is 41.8 Å². The number of rotatable bonds is 12. The van der Waals surface area contributed by atoms with Crippen LogP contribution in [0.4, 0.5) is 21.0 Å². The Hall–Kier alpha value is -3.70. The summed E-state index contributed by atoms with van der Waals surface area (Å²) in [5.41, 5.74) is 2.03. The van der Waals surface area contributed by atoms with Gasteiger partial charge in [0.25, 0.3) is 16.6 Å². The van der Waals surface area contributed by atoms with Gasteiger partial charge < -0.3 is 61.3 Å². The third-order valence-corrected chi connectivity index (χ3v) is 16.8. The molecule has 21 nitrogen and oxygen atoms in total. The minimum absolute atomic E-state index is 0. The molecule has 0 bridgehead atoms. The summed E-state index contributed by atoms with van der Waals surface area (Å²) in [7, 11) is -3.59. The molecular formula is C64H88Cl4N8Na2O13S. The Kier molecular flexibility index (Phi) is 36.2. The van der Waals surface area contributed by atoms with E-state index in [0.29, 0.717) is 84.8 Å². The molecule has 498 valence electrons. The zero-order valence-electron chi connectivity index (χ0n) is 56.0. The summed E-state index contributed by atoms with van der Waals surface area (Å²) in [6.45, 7) is 23.4. The second-order valence-corrected chi connectivity index (χ2v) is 28.0. The predicted molar refractivity (Wildman–Crippen MR) is 349 cm³/mol. The summed E-state index contributed by atoms with van der Waals surface area (Å²) < 4.78 is 37.6. The van der Waals surface area contributed by atoms with Crippen molar-refractivity contribution in [3.05, 3.63) is 127 Å². The molecule has 28 heteroatoms. The monoisotopic (exact) mass is 1390 g/mol. The van der Waals surface area contributed by atoms with Gasteiger partial charge in [-0.05, 0) is 172 Å². The van der Waals surface area contributed by atoms with Crippen molar-refractivity contribution in [3.8, 4) is 12.1 Å². The largest absolute Gasteiger partial charge is 1.00 e. The zero-order valence-corrected chi connectivity index (χ0v) is 62.8. The van der Waals surface area contributed by atoms with E-state index in [4.69, 9.17) is 80.5 Å². The van der Waals surface area contributed by atoms with Crippen molar-refractivity contribution in [2.45, 2.75) is 122 Å². The van der Waals surface area contributed by atoms with Crippen molar-refractivity contribution in [1.82, 2.24) is 20.0 Å². The van der Waals surface area contributed by atoms with Crippen LogP contribution < -0.4 is 79.5 Å². The normalized spacial score (nSPS) is 18.5. The molecule has 4 fully saturated rings. The summed E-state index contributed by atoms with van der Waals surface area (Å²) in [6, 6.07) is 31.1. The molecule has 0 aliphatic carbocycles. The quantitative estimate of drug-likeness (QED) is 0.0512. The number of carbonyl (C=O) groups excluding carboxylic acids is 3. The number of piperazine rings is 2. The van der Waals surface area contributed by atoms with Gasteiger partial charge in [-0.2, -0.15) is 18.9 Å². The Bertz CT molecular complexity index is 3140. The Labute approximate surface area is 609 Å². The zero-order chi connectivity index (χ0) is 67.2. The number of amides is 2. The molecule has 4 saturated heterocycles. The fourth-order valence-electron chi connectivity index (χ4n) is 10.8. The Balaban J connectivity index is 0.000000689. The number of anilines is 2. The topological polar surface area (TPSA) is 282 Å². The number of hydrogen-bond donors (Lipinski definition) is 4. The summed E-state index contributed by atoms with van der Waals surface area (Å²) in [5, 5.41) is 62.2. The van der Waals surface area contributed by atoms with Gasteiger partial charge in [0.05, 0.1) is 80.8 Å². The van der Waals surface area contributed by atoms with Crippen LogP contribution in [0.2, 0.25) is 20.1 Å². The number of halogens is 4. The molecule has 0 unspecified atom stereocenters. The number of ether oxygens (including phenoxy) is 2. The standard InChI is InChI=1S/C30H38Cl2N4O3.C17H15Cl2N3.C14H27NO6S.C2H6O.CH2O3.2Na.H/c1-29(2,3)39-28(37)35-13-11-23(12-14-35)30(4,38)20-34-15-16-36(26-10-5-21(18-33)17-25(26)32)27(19-34)22-6-8-24(31)9-7-22;18-14-4-2-13(3-5-14)17-11-21-7-8-22(17)16-6-1-12(10-20)9-15(16)19;1-13(2,3)21-12(16)15-8-6-11(7-9-15)14(4,17)10-20-22(5,18)19;1-2-3;2-1-4-3;;;/h5-10,17,23,27,38H,11-16,19-20H2,1-4H3;1-6,9,17,21H,7-8,11H2;11,17H,6-10H2,1-5H3;3H,2H2,1H3;1,3H;;;/q;;;;;2*+1;-1/p-1/t27-,30+;17-;14-;;;;;/m001...../s1. The first-order valence-electron chi connectivity index (χ1n) is 29.6. The maximum atomic E-state index is 12.5. The molecule has 4 aromatic carbocycles. The van der Waals surface area contributed by atoms with Gasteiger partial charge in [0, 0.05) is 88.6 Å². The molecule has 4 aliphatic heterocycles. The van der Waals surface area contributed by atoms with Crippen LogP contribution in [0.5, 0.6) is 0 Å². The smallest absolute Gasteiger partial charge is 1.00 e. The van der Waals surface area contributed by atoms with E-state index in [0.717, 1.165) is 67.2 Å². The first-order chi connectivity index (χ1) is 42.2. The van der Waals surface area contributed by atoms with E-state index in [1.165, 1.54) is 5.56 Å². The first-order valence-corrected chi connectivity index (χ1v) is 33.0. The van der Waals surface area contributed by atoms with Crippen molar-refractivity contribution in [2.24, 2.45) is 11.8 Å². The fourth-order valence-corrected chi connectivity index (χ4v) is 12.1. The molecule has 0 saturated carbocycles. The van der Waals surface area contributed by atoms with Crippen LogP contribution in [-0.4, -0.2) is 171 Å². The molecule has 4 aromatic rings. The maximum Gasteiger partial charge on any atom is 1.00 e. The van der Waals surface area contributed by atoms with E-state index in [1.807, 2.05) is 115 Å². The van der Waals surface area contributed by atoms with Crippen molar-refractivity contribution < 1.29 is 122 Å². The Morgan fingerprint density at radius 2 is 1.07 bits per heavy atom. The second-order valence-electron chi connectivity index (χ2n) is 24.7. The van der Waals surface area contributed by atoms with Crippen molar-refractivity contribution in [3.63, 3.8) is 0 Å². The van der Waals surface area contributed by atoms with Gasteiger partial charge in [-0.3, -0.25) is 13.9 Å². The van der Waals surface area contributed by atoms with Gasteiger partial charge in [0.1, 0.15) is 11.2 Å². The number of hydrogen-bond acceptors (Lipinski definition) is 19. The summed E-state index contributed by atoms with van der Waals surface area (Å²) in [5.74, 6) is -0.0518. The number of aliphatic hydroxyl groups is 3. The average molecular weight is 1400 g/mol. The average Bonchev–Trinajstić information content (AvgIpc) is 0.810. The second kappa shape index (κ2) is 39.5. The van der Waals surface area contributed by atoms with Crippen LogP contribution >= 0.6 is 46.4 Å². The number of carbonyl (C=O) groups is 3. The van der Waals surface area contributed by atoms with Crippen LogP contribution in [0.3, 0.4) is 0 Å². The van der Waals surface area contributed by atoms with Crippen molar-refractivity contribution in [1.29, 1.82) is 10.5 Å². The Morgan fingerprint density at radius 3 is 1.43 bits per heavy atom. The van der Waals surface area contributed by atoms with Crippen molar-refractivity contribution in [2.75, 3.05) is 101 Å². The van der Waals surface area contributed by atoms with Crippen LogP contribution in [0.15, 0.2) is 84.9 Å². The predicted octanol–water partition coefficient (Wildman–Crippen LogP) is 4.06. The van der Waals surface area contributed by atoms with Gasteiger partial charge in [0.15, 0.2) is 0 Å². The number of aliphatic hydroxyl groups excluding tert-OH is 1. The Morgan fingerprint density at radius 1 is 0.674 bits per heavy atom. The van der Waals surface area contributed by atoms with Crippen LogP contribution in [0.1, 0.15) is 124 Å². The molecule has 8 rings (SSSR count). The molecule has 0 radical (unpaired) electrons. The fraction of sp³-hybridized carbons (Fsp3) is 0.547. The van der Waals surface area contributed by atoms with Crippen LogP contribution in [0.25, 0.3) is 0 Å². The third-order valence-electron chi connectivity index (χ3n) is 15.2. The van der Waals surface area contributed by atoms with Crippen molar-refractivity contribution >= 4 is 86.6 Å². The number of nitrogens with one attached hydrogen (secondary N) is 1. The minimum atomic E-state index is -3.59. The van der Waals surface area contributed by atoms with E-state index < -0.39 is 32.5 Å². The molecule has 4 heterocycles. The molecule has 92 heavy (non-hydrogen) atoms. The minimum Gasteiger partial charge on any atom is -1.00 e. The molecular weight excluding hydrogens is 1310 g/mol. The van der Waals surface area contributed by atoms with Gasteiger partial charge in [0.2, 0.25) is 0 Å². The van der Waals surface area contributed by atoms with E-state index in [-0.39, 0.29) is 116 Å². The molecule has 4 aliphatic rings. The maximum absolute atomic E-state index is 12.5. The molecule has 0 spiro atoms. The van der Waals surface area contributed by atoms with Crippen LogP contribution in [0, 0.1) is 34.5 Å². The molecule has 4 N–H and O–H groups in total. The molecule has 2 amide bonds. The summed E-state index contributed by atoms with van der Waals surface area (Å²) in [4.78, 5) is 45.9. The van der Waals surface area contributed by atoms with Gasteiger partial charge >= 0.3 is 71.3 Å². The van der Waals surface area contributed by atoms with Gasteiger partial charge in [-0.1, -0.05) is 70.7 Å². The third kappa shape index (κ3) is 28.2. The number of piperidine rings is 2. The number of nitriles is 2. The summed E-state index contributed by atoms with van der Waals surface area (Å²) in [6.07, 6.45) is 2.90. The van der Waals surface area contributed by atoms with Crippen LogP contribution in [-0.2, 0) is 33.5 Å². The number of nitrogens with zero attached hydrogens (tertiary/aromatic N) is 7. The SMILES string of the molecule is CC(C)(C)OC(=O)N1CCC([C@](C)(O)CN2CCN(c3ccc(C#N)cc3Cl)[C@H](c3ccc(Cl)cc3)C2)CC1.CC(C)(C)OC(=O)N1CCC([C@](C)(O)COS(C)(=O)=O)CC1.CCO.N#Cc1ccc(N2CCNC[C@H]2c2ccc(Cl)cc2)c(Cl)c1.O=CO[O-].[H-].[Na+].[Na+]. The number of benzene rings is 4. The van der Waals surface area contributed by atoms with E-state index >= 15 is 0 Å². The number of β-amino-alcohol motifs (C(OH)–C–C–N with tert-alkyl or cyclic N) is 1. The van der Waals surface area contributed by atoms with E-state index in [2.05, 4.69) is 37.0 Å². The summed E-state index contributed by atoms with van der Waals surface area (Å²) >= 11 is 25.2.